The van der Waals surface area contributed by atoms with E-state index in [2.05, 4.69) is 23.1 Å². The topological polar surface area (TPSA) is 109 Å². The lowest BCUT2D eigenvalue weighted by Crippen LogP contribution is -1.86. The molecule has 3 aromatic heterocycles. The molecule has 2 aliphatic rings. The minimum Gasteiger partial charge on any atom is -0.324 e. The summed E-state index contributed by atoms with van der Waals surface area (Å²) >= 11 is 0. The highest BCUT2D eigenvalue weighted by atomic mass is 15.1. The van der Waals surface area contributed by atoms with Crippen LogP contribution in [0.15, 0.2) is 98.1 Å². The van der Waals surface area contributed by atoms with Gasteiger partial charge in [-0.15, -0.1) is 0 Å². The number of hydrogen-bond donors (Lipinski definition) is 2. The van der Waals surface area contributed by atoms with Gasteiger partial charge in [-0.2, -0.15) is 0 Å². The van der Waals surface area contributed by atoms with E-state index >= 15 is 0 Å². The van der Waals surface area contributed by atoms with E-state index in [1.54, 1.807) is 12.2 Å². The van der Waals surface area contributed by atoms with Crippen LogP contribution in [0.4, 0.5) is 0 Å². The lowest BCUT2D eigenvalue weighted by Gasteiger charge is -1.96. The van der Waals surface area contributed by atoms with E-state index in [1.165, 1.54) is 0 Å². The van der Waals surface area contributed by atoms with E-state index in [9.17, 15) is 0 Å². The van der Waals surface area contributed by atoms with Gasteiger partial charge in [0.2, 0.25) is 0 Å². The predicted molar refractivity (Wildman–Crippen MR) is 159 cm³/mol. The van der Waals surface area contributed by atoms with Crippen molar-refractivity contribution in [2.45, 2.75) is 0 Å². The summed E-state index contributed by atoms with van der Waals surface area (Å²) in [6, 6.07) is 24.0. The van der Waals surface area contributed by atoms with Gasteiger partial charge in [-0.1, -0.05) is 98.1 Å². The van der Waals surface area contributed by atoms with Gasteiger partial charge in [0.15, 0.2) is 23.3 Å². The number of rotatable bonds is 2. The van der Waals surface area contributed by atoms with Gasteiger partial charge in [-0.05, 0) is 0 Å². The summed E-state index contributed by atoms with van der Waals surface area (Å²) in [6.07, 6.45) is 3.47. The minimum atomic E-state index is 0.495. The quantitative estimate of drug-likeness (QED) is 0.261. The molecule has 188 valence electrons. The van der Waals surface area contributed by atoms with Gasteiger partial charge in [-0.25, -0.2) is 29.9 Å². The van der Waals surface area contributed by atoms with Crippen LogP contribution in [-0.2, 0) is 0 Å². The molecule has 8 heteroatoms. The van der Waals surface area contributed by atoms with Crippen LogP contribution in [-0.4, -0.2) is 39.9 Å². The van der Waals surface area contributed by atoms with E-state index in [0.717, 1.165) is 43.8 Å². The molecule has 0 atom stereocenters. The average Bonchev–Trinajstić information content (AvgIpc) is 3.71. The SMILES string of the molecule is C=CC1=C(C=C)c2nc1nc1[nH]c(nc3nc(nc4[nH]c(n2)c2ccccc42)-c2ccccc2-3)c2ccccc12. The van der Waals surface area contributed by atoms with Crippen molar-refractivity contribution < 1.29 is 0 Å². The van der Waals surface area contributed by atoms with Crippen molar-refractivity contribution in [1.29, 1.82) is 0 Å². The zero-order valence-electron chi connectivity index (χ0n) is 21.2. The first-order chi connectivity index (χ1) is 19.7. The first-order valence-corrected chi connectivity index (χ1v) is 12.8. The molecule has 0 aliphatic carbocycles. The fourth-order valence-electron chi connectivity index (χ4n) is 5.36. The summed E-state index contributed by atoms with van der Waals surface area (Å²) in [5.74, 6) is 2.15. The molecule has 5 heterocycles. The fourth-order valence-corrected chi connectivity index (χ4v) is 5.36. The monoisotopic (exact) mass is 516 g/mol. The number of benzene rings is 3. The van der Waals surface area contributed by atoms with Crippen molar-refractivity contribution in [2.24, 2.45) is 0 Å². The smallest absolute Gasteiger partial charge is 0.164 e. The largest absolute Gasteiger partial charge is 0.324 e. The Balaban J connectivity index is 1.61. The zero-order valence-corrected chi connectivity index (χ0v) is 21.2. The maximum absolute atomic E-state index is 4.99. The number of nitrogens with one attached hydrogen (secondary N) is 2. The highest BCUT2D eigenvalue weighted by Crippen LogP contribution is 2.35. The Morgan fingerprint density at radius 2 is 0.750 bits per heavy atom. The third kappa shape index (κ3) is 3.19. The summed E-state index contributed by atoms with van der Waals surface area (Å²) in [6.45, 7) is 8.04. The van der Waals surface area contributed by atoms with E-state index in [1.807, 2.05) is 72.8 Å². The number of fused-ring (bicyclic) bond motifs is 17. The molecular formula is C32H20N8. The Bertz CT molecular complexity index is 2110. The van der Waals surface area contributed by atoms with Gasteiger partial charge in [0, 0.05) is 43.8 Å². The number of H-pyrrole nitrogens is 2. The average molecular weight is 517 g/mol. The van der Waals surface area contributed by atoms with Crippen LogP contribution in [0.1, 0.15) is 11.6 Å². The van der Waals surface area contributed by atoms with Crippen LogP contribution < -0.4 is 0 Å². The molecule has 0 amide bonds. The second-order valence-corrected chi connectivity index (χ2v) is 9.48. The lowest BCUT2D eigenvalue weighted by molar-refractivity contribution is 1.12. The zero-order chi connectivity index (χ0) is 26.8. The lowest BCUT2D eigenvalue weighted by atomic mass is 10.1. The normalized spacial score (nSPS) is 12.6. The van der Waals surface area contributed by atoms with Gasteiger partial charge in [0.1, 0.15) is 22.6 Å². The molecule has 0 spiro atoms. The summed E-state index contributed by atoms with van der Waals surface area (Å²) in [5, 5.41) is 3.69. The number of nitrogens with zero attached hydrogens (tertiary/aromatic N) is 6. The van der Waals surface area contributed by atoms with Crippen molar-refractivity contribution in [2.75, 3.05) is 0 Å². The molecule has 0 unspecified atom stereocenters. The third-order valence-electron chi connectivity index (χ3n) is 7.23. The van der Waals surface area contributed by atoms with Crippen molar-refractivity contribution in [3.8, 4) is 22.8 Å². The van der Waals surface area contributed by atoms with Gasteiger partial charge in [-0.3, -0.25) is 0 Å². The number of aromatic amines is 2. The van der Waals surface area contributed by atoms with E-state index in [0.29, 0.717) is 45.9 Å². The Hall–Kier alpha value is -5.76. The maximum Gasteiger partial charge on any atom is 0.164 e. The second kappa shape index (κ2) is 8.37. The van der Waals surface area contributed by atoms with Gasteiger partial charge in [0.05, 0.1) is 0 Å². The molecule has 8 rings (SSSR count). The molecular weight excluding hydrogens is 496 g/mol. The van der Waals surface area contributed by atoms with Crippen molar-refractivity contribution in [3.63, 3.8) is 0 Å². The van der Waals surface area contributed by atoms with Crippen LogP contribution in [0.3, 0.4) is 0 Å². The molecule has 6 aromatic rings. The number of allylic oxidation sites excluding steroid dienone is 4. The predicted octanol–water partition coefficient (Wildman–Crippen LogP) is 6.82. The molecule has 0 saturated carbocycles. The van der Waals surface area contributed by atoms with Gasteiger partial charge in [0.25, 0.3) is 0 Å². The number of hydrogen-bond acceptors (Lipinski definition) is 6. The molecule has 0 radical (unpaired) electrons. The molecule has 8 nitrogen and oxygen atoms in total. The number of aromatic nitrogens is 8. The molecule has 8 bridgehead atoms. The molecule has 0 saturated heterocycles. The van der Waals surface area contributed by atoms with Gasteiger partial charge < -0.3 is 9.97 Å². The van der Waals surface area contributed by atoms with E-state index in [-0.39, 0.29) is 0 Å². The van der Waals surface area contributed by atoms with Crippen molar-refractivity contribution >= 4 is 55.3 Å². The maximum atomic E-state index is 4.99. The minimum absolute atomic E-state index is 0.495. The van der Waals surface area contributed by atoms with Crippen LogP contribution in [0.2, 0.25) is 0 Å². The fraction of sp³-hybridized carbons (Fsp3) is 0. The van der Waals surface area contributed by atoms with Crippen molar-refractivity contribution in [3.05, 3.63) is 110 Å². The van der Waals surface area contributed by atoms with E-state index < -0.39 is 0 Å². The molecule has 3 aromatic carbocycles. The Morgan fingerprint density at radius 3 is 1.12 bits per heavy atom. The first-order valence-electron chi connectivity index (χ1n) is 12.8. The van der Waals surface area contributed by atoms with Crippen LogP contribution in [0, 0.1) is 0 Å². The van der Waals surface area contributed by atoms with Crippen LogP contribution >= 0.6 is 0 Å². The highest BCUT2D eigenvalue weighted by molar-refractivity contribution is 6.07. The standard InChI is InChI=1S/C32H20N8/c1-3-17-18(4-2)26-33-25(17)34-27-19-11-5-7-13-21(19)29(36-27)38-31-23-15-9-10-16-24(23)32(40-31)39-30-22-14-8-6-12-20(22)28(35-26)37-30/h3-16H,1-2H2,(H2,33,34,35,36,37,38,39,40). The molecule has 40 heavy (non-hydrogen) atoms. The molecule has 0 fully saturated rings. The summed E-state index contributed by atoms with van der Waals surface area (Å²) in [5.41, 5.74) is 5.92. The Labute approximate surface area is 227 Å². The molecule has 2 aliphatic heterocycles. The first kappa shape index (κ1) is 22.2. The second-order valence-electron chi connectivity index (χ2n) is 9.48. The third-order valence-corrected chi connectivity index (χ3v) is 7.23. The Morgan fingerprint density at radius 1 is 0.425 bits per heavy atom. The summed E-state index contributed by atoms with van der Waals surface area (Å²) in [7, 11) is 0. The summed E-state index contributed by atoms with van der Waals surface area (Å²) in [4.78, 5) is 36.4. The van der Waals surface area contributed by atoms with Crippen molar-refractivity contribution in [1.82, 2.24) is 39.9 Å². The van der Waals surface area contributed by atoms with Gasteiger partial charge >= 0.3 is 0 Å². The molecule has 2 N–H and O–H groups in total. The van der Waals surface area contributed by atoms with Crippen LogP contribution in [0.5, 0.6) is 0 Å². The Kier molecular flexibility index (Phi) is 4.66. The highest BCUT2D eigenvalue weighted by Gasteiger charge is 2.21. The van der Waals surface area contributed by atoms with Crippen LogP contribution in [0.25, 0.3) is 78.1 Å². The summed E-state index contributed by atoms with van der Waals surface area (Å²) < 4.78 is 0. The van der Waals surface area contributed by atoms with E-state index in [4.69, 9.17) is 29.9 Å².